The third-order valence-corrected chi connectivity index (χ3v) is 5.10. The van der Waals surface area contributed by atoms with E-state index in [4.69, 9.17) is 9.26 Å². The van der Waals surface area contributed by atoms with Crippen LogP contribution in [0, 0.1) is 6.92 Å². The Morgan fingerprint density at radius 3 is 2.46 bits per heavy atom. The van der Waals surface area contributed by atoms with E-state index in [-0.39, 0.29) is 5.91 Å². The molecule has 0 radical (unpaired) electrons. The fourth-order valence-corrected chi connectivity index (χ4v) is 3.62. The maximum atomic E-state index is 12.8. The molecule has 4 rings (SSSR count). The van der Waals surface area contributed by atoms with Gasteiger partial charge in [-0.15, -0.1) is 0 Å². The number of carbonyl (C=O) groups excluding carboxylic acids is 1. The van der Waals surface area contributed by atoms with E-state index >= 15 is 0 Å². The van der Waals surface area contributed by atoms with E-state index in [9.17, 15) is 4.79 Å². The van der Waals surface area contributed by atoms with Crippen LogP contribution in [0.15, 0.2) is 59.1 Å². The predicted molar refractivity (Wildman–Crippen MR) is 109 cm³/mol. The molecule has 1 saturated carbocycles. The maximum Gasteiger partial charge on any atom is 0.261 e. The van der Waals surface area contributed by atoms with Crippen LogP contribution in [0.1, 0.15) is 48.2 Å². The number of rotatable bonds is 5. The Morgan fingerprint density at radius 2 is 1.75 bits per heavy atom. The van der Waals surface area contributed by atoms with Gasteiger partial charge in [0.05, 0.1) is 6.10 Å². The topological polar surface area (TPSA) is 64.4 Å². The summed E-state index contributed by atoms with van der Waals surface area (Å²) in [5, 5.41) is 7.00. The first-order valence-electron chi connectivity index (χ1n) is 9.80. The molecule has 5 nitrogen and oxygen atoms in total. The van der Waals surface area contributed by atoms with Gasteiger partial charge in [-0.3, -0.25) is 4.79 Å². The van der Waals surface area contributed by atoms with E-state index in [0.717, 1.165) is 24.2 Å². The molecule has 0 atom stereocenters. The van der Waals surface area contributed by atoms with Crippen LogP contribution in [-0.4, -0.2) is 17.2 Å². The summed E-state index contributed by atoms with van der Waals surface area (Å²) in [4.78, 5) is 12.8. The lowest BCUT2D eigenvalue weighted by molar-refractivity contribution is 0.102. The van der Waals surface area contributed by atoms with Crippen molar-refractivity contribution in [2.75, 3.05) is 5.32 Å². The zero-order chi connectivity index (χ0) is 19.3. The van der Waals surface area contributed by atoms with Crippen molar-refractivity contribution in [2.45, 2.75) is 45.1 Å². The van der Waals surface area contributed by atoms with Crippen LogP contribution in [0.25, 0.3) is 11.3 Å². The molecule has 2 aromatic carbocycles. The second-order valence-corrected chi connectivity index (χ2v) is 7.18. The molecule has 0 spiro atoms. The first-order chi connectivity index (χ1) is 13.7. The highest BCUT2D eigenvalue weighted by atomic mass is 16.5. The molecule has 0 unspecified atom stereocenters. The van der Waals surface area contributed by atoms with E-state index in [0.29, 0.717) is 28.8 Å². The number of amides is 1. The fraction of sp³-hybridized carbons (Fsp3) is 0.304. The van der Waals surface area contributed by atoms with E-state index < -0.39 is 0 Å². The molecule has 144 valence electrons. The van der Waals surface area contributed by atoms with Gasteiger partial charge >= 0.3 is 0 Å². The van der Waals surface area contributed by atoms with E-state index in [1.807, 2.05) is 54.6 Å². The molecule has 3 aromatic rings. The maximum absolute atomic E-state index is 12.8. The van der Waals surface area contributed by atoms with E-state index in [2.05, 4.69) is 10.5 Å². The van der Waals surface area contributed by atoms with Crippen molar-refractivity contribution >= 4 is 11.6 Å². The summed E-state index contributed by atoms with van der Waals surface area (Å²) in [6.45, 7) is 1.75. The van der Waals surface area contributed by atoms with Crippen LogP contribution in [-0.2, 0) is 0 Å². The number of hydrogen-bond donors (Lipinski definition) is 1. The van der Waals surface area contributed by atoms with Gasteiger partial charge in [0.1, 0.15) is 22.8 Å². The number of aromatic nitrogens is 1. The summed E-state index contributed by atoms with van der Waals surface area (Å²) in [6.07, 6.45) is 6.32. The van der Waals surface area contributed by atoms with E-state index in [1.165, 1.54) is 19.3 Å². The molecule has 0 bridgehead atoms. The normalized spacial score (nSPS) is 14.6. The average Bonchev–Trinajstić information content (AvgIpc) is 3.12. The van der Waals surface area contributed by atoms with Gasteiger partial charge < -0.3 is 14.6 Å². The van der Waals surface area contributed by atoms with Crippen molar-refractivity contribution in [2.24, 2.45) is 0 Å². The minimum absolute atomic E-state index is 0.237. The molecule has 1 fully saturated rings. The zero-order valence-corrected chi connectivity index (χ0v) is 16.0. The molecule has 1 heterocycles. The third kappa shape index (κ3) is 4.09. The minimum Gasteiger partial charge on any atom is -0.490 e. The number of anilines is 1. The van der Waals surface area contributed by atoms with Crippen molar-refractivity contribution in [1.82, 2.24) is 5.16 Å². The molecule has 1 N–H and O–H groups in total. The summed E-state index contributed by atoms with van der Waals surface area (Å²) in [6, 6.07) is 17.1. The molecule has 0 aliphatic heterocycles. The molecule has 5 heteroatoms. The fourth-order valence-electron chi connectivity index (χ4n) is 3.62. The monoisotopic (exact) mass is 376 g/mol. The molecule has 1 aromatic heterocycles. The van der Waals surface area contributed by atoms with Crippen LogP contribution >= 0.6 is 0 Å². The Bertz CT molecular complexity index is 926. The lowest BCUT2D eigenvalue weighted by Crippen LogP contribution is -2.19. The Morgan fingerprint density at radius 1 is 1.04 bits per heavy atom. The number of nitrogens with one attached hydrogen (secondary N) is 1. The standard InChI is InChI=1S/C23H24N2O3/c1-16-21(22(25-28-16)17-8-4-2-5-9-17)23(26)24-18-12-14-20(15-13-18)27-19-10-6-3-7-11-19/h2,4-5,8-9,12-15,19H,3,6-7,10-11H2,1H3,(H,24,26). The summed E-state index contributed by atoms with van der Waals surface area (Å²) >= 11 is 0. The highest BCUT2D eigenvalue weighted by Crippen LogP contribution is 2.27. The van der Waals surface area contributed by atoms with Gasteiger partial charge in [-0.2, -0.15) is 0 Å². The zero-order valence-electron chi connectivity index (χ0n) is 16.0. The van der Waals surface area contributed by atoms with Gasteiger partial charge in [0.15, 0.2) is 0 Å². The lowest BCUT2D eigenvalue weighted by Gasteiger charge is -2.23. The Balaban J connectivity index is 1.46. The number of aryl methyl sites for hydroxylation is 1. The number of ether oxygens (including phenoxy) is 1. The highest BCUT2D eigenvalue weighted by molar-refractivity contribution is 6.08. The predicted octanol–water partition coefficient (Wildman–Crippen LogP) is 5.61. The van der Waals surface area contributed by atoms with Crippen molar-refractivity contribution in [3.8, 4) is 17.0 Å². The Labute approximate surface area is 164 Å². The first-order valence-corrected chi connectivity index (χ1v) is 9.80. The van der Waals surface area contributed by atoms with Crippen LogP contribution in [0.3, 0.4) is 0 Å². The second-order valence-electron chi connectivity index (χ2n) is 7.18. The van der Waals surface area contributed by atoms with Gasteiger partial charge in [0, 0.05) is 11.3 Å². The molecule has 0 saturated heterocycles. The average molecular weight is 376 g/mol. The van der Waals surface area contributed by atoms with Crippen molar-refractivity contribution < 1.29 is 14.1 Å². The number of nitrogens with zero attached hydrogens (tertiary/aromatic N) is 1. The summed E-state index contributed by atoms with van der Waals surface area (Å²) in [7, 11) is 0. The quantitative estimate of drug-likeness (QED) is 0.628. The summed E-state index contributed by atoms with van der Waals surface area (Å²) in [5.74, 6) is 1.10. The molecule has 1 amide bonds. The Kier molecular flexibility index (Phi) is 5.42. The van der Waals surface area contributed by atoms with Gasteiger partial charge in [-0.05, 0) is 56.9 Å². The van der Waals surface area contributed by atoms with Crippen LogP contribution in [0.4, 0.5) is 5.69 Å². The van der Waals surface area contributed by atoms with Crippen molar-refractivity contribution in [3.05, 3.63) is 65.9 Å². The first kappa shape index (κ1) is 18.3. The summed E-state index contributed by atoms with van der Waals surface area (Å²) in [5.41, 5.74) is 2.56. The largest absolute Gasteiger partial charge is 0.490 e. The smallest absolute Gasteiger partial charge is 0.261 e. The van der Waals surface area contributed by atoms with Crippen molar-refractivity contribution in [1.29, 1.82) is 0 Å². The van der Waals surface area contributed by atoms with Gasteiger partial charge in [-0.25, -0.2) is 0 Å². The third-order valence-electron chi connectivity index (χ3n) is 5.10. The van der Waals surface area contributed by atoms with Crippen LogP contribution in [0.2, 0.25) is 0 Å². The van der Waals surface area contributed by atoms with Crippen LogP contribution in [0.5, 0.6) is 5.75 Å². The van der Waals surface area contributed by atoms with Gasteiger partial charge in [0.25, 0.3) is 5.91 Å². The SMILES string of the molecule is Cc1onc(-c2ccccc2)c1C(=O)Nc1ccc(OC2CCCCC2)cc1. The molecular formula is C23H24N2O3. The second kappa shape index (κ2) is 8.30. The number of benzene rings is 2. The lowest BCUT2D eigenvalue weighted by atomic mass is 9.98. The molecule has 1 aliphatic carbocycles. The molecular weight excluding hydrogens is 352 g/mol. The highest BCUT2D eigenvalue weighted by Gasteiger charge is 2.21. The van der Waals surface area contributed by atoms with Crippen LogP contribution < -0.4 is 10.1 Å². The molecule has 28 heavy (non-hydrogen) atoms. The minimum atomic E-state index is -0.237. The van der Waals surface area contributed by atoms with Crippen molar-refractivity contribution in [3.63, 3.8) is 0 Å². The number of hydrogen-bond acceptors (Lipinski definition) is 4. The number of carbonyl (C=O) groups is 1. The van der Waals surface area contributed by atoms with E-state index in [1.54, 1.807) is 6.92 Å². The Hall–Kier alpha value is -3.08. The van der Waals surface area contributed by atoms with Gasteiger partial charge in [-0.1, -0.05) is 41.9 Å². The van der Waals surface area contributed by atoms with Gasteiger partial charge in [0.2, 0.25) is 0 Å². The molecule has 1 aliphatic rings. The summed E-state index contributed by atoms with van der Waals surface area (Å²) < 4.78 is 11.3.